The Morgan fingerprint density at radius 2 is 2.05 bits per heavy atom. The summed E-state index contributed by atoms with van der Waals surface area (Å²) in [4.78, 5) is 12.0. The average Bonchev–Trinajstić information content (AvgIpc) is 2.38. The van der Waals surface area contributed by atoms with Crippen LogP contribution in [0.5, 0.6) is 5.75 Å². The maximum absolute atomic E-state index is 12.0. The van der Waals surface area contributed by atoms with Crippen LogP contribution >= 0.6 is 0 Å². The first kappa shape index (κ1) is 16.0. The Morgan fingerprint density at radius 1 is 1.45 bits per heavy atom. The SMILES string of the molecule is CC(Oc1ccc(C#N)cc1)C(=O)NC(C)(C)CCO. The van der Waals surface area contributed by atoms with E-state index < -0.39 is 11.6 Å². The molecular formula is C15H20N2O3. The molecule has 0 heterocycles. The van der Waals surface area contributed by atoms with Crippen LogP contribution in [0, 0.1) is 11.3 Å². The number of benzene rings is 1. The summed E-state index contributed by atoms with van der Waals surface area (Å²) < 4.78 is 5.52. The van der Waals surface area contributed by atoms with Crippen molar-refractivity contribution in [3.05, 3.63) is 29.8 Å². The van der Waals surface area contributed by atoms with Gasteiger partial charge >= 0.3 is 0 Å². The molecular weight excluding hydrogens is 256 g/mol. The van der Waals surface area contributed by atoms with E-state index in [0.717, 1.165) is 0 Å². The molecule has 0 saturated heterocycles. The Labute approximate surface area is 119 Å². The number of carbonyl (C=O) groups excluding carboxylic acids is 1. The monoisotopic (exact) mass is 276 g/mol. The number of nitrogens with one attached hydrogen (secondary N) is 1. The molecule has 1 unspecified atom stereocenters. The Kier molecular flexibility index (Phi) is 5.53. The maximum atomic E-state index is 12.0. The lowest BCUT2D eigenvalue weighted by atomic mass is 10.0. The van der Waals surface area contributed by atoms with Crippen LogP contribution in [0.2, 0.25) is 0 Å². The number of ether oxygens (including phenoxy) is 1. The molecule has 1 rings (SSSR count). The highest BCUT2D eigenvalue weighted by atomic mass is 16.5. The Hall–Kier alpha value is -2.06. The molecule has 0 aromatic heterocycles. The molecule has 1 aromatic carbocycles. The molecule has 0 radical (unpaired) electrons. The number of nitriles is 1. The molecule has 0 aliphatic heterocycles. The minimum absolute atomic E-state index is 0.0120. The largest absolute Gasteiger partial charge is 0.481 e. The van der Waals surface area contributed by atoms with E-state index >= 15 is 0 Å². The van der Waals surface area contributed by atoms with E-state index in [2.05, 4.69) is 5.32 Å². The fourth-order valence-corrected chi connectivity index (χ4v) is 1.64. The molecule has 0 spiro atoms. The van der Waals surface area contributed by atoms with Crippen LogP contribution in [0.25, 0.3) is 0 Å². The van der Waals surface area contributed by atoms with Crippen molar-refractivity contribution in [2.75, 3.05) is 6.61 Å². The van der Waals surface area contributed by atoms with Crippen molar-refractivity contribution in [3.8, 4) is 11.8 Å². The first-order valence-electron chi connectivity index (χ1n) is 6.47. The van der Waals surface area contributed by atoms with Crippen molar-refractivity contribution in [2.45, 2.75) is 38.8 Å². The summed E-state index contributed by atoms with van der Waals surface area (Å²) in [6.45, 7) is 5.35. The zero-order chi connectivity index (χ0) is 15.2. The molecule has 5 nitrogen and oxygen atoms in total. The number of hydrogen-bond acceptors (Lipinski definition) is 4. The fraction of sp³-hybridized carbons (Fsp3) is 0.467. The summed E-state index contributed by atoms with van der Waals surface area (Å²) in [6, 6.07) is 8.59. The van der Waals surface area contributed by atoms with Crippen molar-refractivity contribution < 1.29 is 14.6 Å². The molecule has 108 valence electrons. The van der Waals surface area contributed by atoms with Gasteiger partial charge in [0.25, 0.3) is 5.91 Å². The summed E-state index contributed by atoms with van der Waals surface area (Å²) in [6.07, 6.45) is -0.177. The van der Waals surface area contributed by atoms with E-state index in [9.17, 15) is 4.79 Å². The van der Waals surface area contributed by atoms with Gasteiger partial charge in [-0.15, -0.1) is 0 Å². The van der Waals surface area contributed by atoms with Crippen molar-refractivity contribution in [3.63, 3.8) is 0 Å². The van der Waals surface area contributed by atoms with Gasteiger partial charge in [0.1, 0.15) is 5.75 Å². The summed E-state index contributed by atoms with van der Waals surface area (Å²) in [5, 5.41) is 20.5. The minimum atomic E-state index is -0.652. The van der Waals surface area contributed by atoms with Gasteiger partial charge < -0.3 is 15.2 Å². The van der Waals surface area contributed by atoms with Crippen LogP contribution in [0.3, 0.4) is 0 Å². The van der Waals surface area contributed by atoms with Gasteiger partial charge in [-0.1, -0.05) is 0 Å². The van der Waals surface area contributed by atoms with Gasteiger partial charge in [-0.3, -0.25) is 4.79 Å². The van der Waals surface area contributed by atoms with Crippen molar-refractivity contribution in [1.82, 2.24) is 5.32 Å². The predicted octanol–water partition coefficient (Wildman–Crippen LogP) is 1.60. The second-order valence-electron chi connectivity index (χ2n) is 5.24. The first-order valence-corrected chi connectivity index (χ1v) is 6.47. The van der Waals surface area contributed by atoms with Gasteiger partial charge in [-0.2, -0.15) is 5.26 Å². The number of aliphatic hydroxyl groups is 1. The molecule has 1 atom stereocenters. The fourth-order valence-electron chi connectivity index (χ4n) is 1.64. The number of nitrogens with zero attached hydrogens (tertiary/aromatic N) is 1. The smallest absolute Gasteiger partial charge is 0.261 e. The number of hydrogen-bond donors (Lipinski definition) is 2. The maximum Gasteiger partial charge on any atom is 0.261 e. The Bertz CT molecular complexity index is 489. The highest BCUT2D eigenvalue weighted by Gasteiger charge is 2.23. The number of amides is 1. The van der Waals surface area contributed by atoms with E-state index in [-0.39, 0.29) is 12.5 Å². The van der Waals surface area contributed by atoms with Gasteiger partial charge in [0.15, 0.2) is 6.10 Å². The Morgan fingerprint density at radius 3 is 2.55 bits per heavy atom. The topological polar surface area (TPSA) is 82.3 Å². The van der Waals surface area contributed by atoms with E-state index in [4.69, 9.17) is 15.1 Å². The van der Waals surface area contributed by atoms with E-state index in [1.54, 1.807) is 31.2 Å². The standard InChI is InChI=1S/C15H20N2O3/c1-11(14(19)17-15(2,3)8-9-18)20-13-6-4-12(10-16)5-7-13/h4-7,11,18H,8-9H2,1-3H3,(H,17,19). The van der Waals surface area contributed by atoms with Crippen LogP contribution < -0.4 is 10.1 Å². The van der Waals surface area contributed by atoms with Gasteiger partial charge in [-0.25, -0.2) is 0 Å². The highest BCUT2D eigenvalue weighted by molar-refractivity contribution is 5.81. The molecule has 0 bridgehead atoms. The van der Waals surface area contributed by atoms with Gasteiger partial charge in [0.05, 0.1) is 11.6 Å². The third kappa shape index (κ3) is 4.90. The van der Waals surface area contributed by atoms with Gasteiger partial charge in [-0.05, 0) is 51.5 Å². The lowest BCUT2D eigenvalue weighted by Gasteiger charge is -2.27. The minimum Gasteiger partial charge on any atom is -0.481 e. The van der Waals surface area contributed by atoms with Crippen molar-refractivity contribution >= 4 is 5.91 Å². The third-order valence-electron chi connectivity index (χ3n) is 2.86. The van der Waals surface area contributed by atoms with Crippen LogP contribution in [0.15, 0.2) is 24.3 Å². The number of carbonyl (C=O) groups is 1. The quantitative estimate of drug-likeness (QED) is 0.827. The highest BCUT2D eigenvalue weighted by Crippen LogP contribution is 2.14. The summed E-state index contributed by atoms with van der Waals surface area (Å²) in [7, 11) is 0. The first-order chi connectivity index (χ1) is 9.38. The Balaban J connectivity index is 2.59. The average molecular weight is 276 g/mol. The normalized spacial score (nSPS) is 12.3. The molecule has 0 aliphatic carbocycles. The van der Waals surface area contributed by atoms with Gasteiger partial charge in [0.2, 0.25) is 0 Å². The molecule has 1 aromatic rings. The van der Waals surface area contributed by atoms with Crippen LogP contribution in [-0.4, -0.2) is 29.3 Å². The molecule has 5 heteroatoms. The van der Waals surface area contributed by atoms with E-state index in [1.165, 1.54) is 0 Å². The van der Waals surface area contributed by atoms with Crippen LogP contribution in [0.1, 0.15) is 32.8 Å². The van der Waals surface area contributed by atoms with Crippen LogP contribution in [-0.2, 0) is 4.79 Å². The number of aliphatic hydroxyl groups excluding tert-OH is 1. The molecule has 1 amide bonds. The third-order valence-corrected chi connectivity index (χ3v) is 2.86. The van der Waals surface area contributed by atoms with E-state index in [0.29, 0.717) is 17.7 Å². The van der Waals surface area contributed by atoms with Crippen molar-refractivity contribution in [1.29, 1.82) is 5.26 Å². The second-order valence-corrected chi connectivity index (χ2v) is 5.24. The van der Waals surface area contributed by atoms with Crippen LogP contribution in [0.4, 0.5) is 0 Å². The molecule has 20 heavy (non-hydrogen) atoms. The molecule has 2 N–H and O–H groups in total. The molecule has 0 saturated carbocycles. The zero-order valence-electron chi connectivity index (χ0n) is 12.0. The second kappa shape index (κ2) is 6.92. The molecule has 0 aliphatic rings. The predicted molar refractivity (Wildman–Crippen MR) is 75.2 cm³/mol. The lowest BCUT2D eigenvalue weighted by molar-refractivity contribution is -0.129. The lowest BCUT2D eigenvalue weighted by Crippen LogP contribution is -2.49. The summed E-state index contributed by atoms with van der Waals surface area (Å²) >= 11 is 0. The van der Waals surface area contributed by atoms with E-state index in [1.807, 2.05) is 19.9 Å². The van der Waals surface area contributed by atoms with Gasteiger partial charge in [0, 0.05) is 12.1 Å². The molecule has 0 fully saturated rings. The zero-order valence-corrected chi connectivity index (χ0v) is 12.0. The number of rotatable bonds is 6. The van der Waals surface area contributed by atoms with Crippen molar-refractivity contribution in [2.24, 2.45) is 0 Å². The summed E-state index contributed by atoms with van der Waals surface area (Å²) in [5.41, 5.74) is 0.0623. The summed E-state index contributed by atoms with van der Waals surface area (Å²) in [5.74, 6) is 0.291.